The van der Waals surface area contributed by atoms with Crippen molar-refractivity contribution in [1.29, 1.82) is 5.26 Å². The van der Waals surface area contributed by atoms with Crippen LogP contribution >= 0.6 is 11.6 Å². The average molecular weight is 419 g/mol. The van der Waals surface area contributed by atoms with Crippen LogP contribution in [0, 0.1) is 11.3 Å². The van der Waals surface area contributed by atoms with Crippen LogP contribution in [0.25, 0.3) is 0 Å². The van der Waals surface area contributed by atoms with Gasteiger partial charge in [0.1, 0.15) is 18.4 Å². The Balaban J connectivity index is 1.29. The number of rotatable bonds is 5. The molecular weight excluding hydrogens is 392 g/mol. The predicted octanol–water partition coefficient (Wildman–Crippen LogP) is 2.19. The average Bonchev–Trinajstić information content (AvgIpc) is 3.42. The summed E-state index contributed by atoms with van der Waals surface area (Å²) in [5.41, 5.74) is 1.08. The molecule has 1 amide bonds. The number of anilines is 1. The largest absolute Gasteiger partial charge is 0.490 e. The van der Waals surface area contributed by atoms with Crippen molar-refractivity contribution in [3.63, 3.8) is 0 Å². The van der Waals surface area contributed by atoms with Crippen molar-refractivity contribution in [1.82, 2.24) is 10.2 Å². The van der Waals surface area contributed by atoms with Crippen molar-refractivity contribution in [2.24, 2.45) is 0 Å². The van der Waals surface area contributed by atoms with E-state index >= 15 is 0 Å². The molecule has 0 saturated carbocycles. The Morgan fingerprint density at radius 2 is 2.10 bits per heavy atom. The highest BCUT2D eigenvalue weighted by atomic mass is 35.5. The summed E-state index contributed by atoms with van der Waals surface area (Å²) >= 11 is 6.44. The first-order chi connectivity index (χ1) is 14.2. The molecule has 0 spiro atoms. The fraction of sp³-hybridized carbons (Fsp3) is 0.619. The number of ether oxygens (including phenoxy) is 2. The Labute approximate surface area is 176 Å². The van der Waals surface area contributed by atoms with E-state index in [9.17, 15) is 10.1 Å². The number of morpholine rings is 1. The first-order valence-electron chi connectivity index (χ1n) is 10.4. The fourth-order valence-electron chi connectivity index (χ4n) is 4.33. The quantitative estimate of drug-likeness (QED) is 0.789. The summed E-state index contributed by atoms with van der Waals surface area (Å²) in [4.78, 5) is 16.7. The van der Waals surface area contributed by atoms with Crippen molar-refractivity contribution in [3.05, 3.63) is 23.2 Å². The lowest BCUT2D eigenvalue weighted by Crippen LogP contribution is -2.47. The molecule has 8 heteroatoms. The van der Waals surface area contributed by atoms with E-state index in [2.05, 4.69) is 16.3 Å². The van der Waals surface area contributed by atoms with Gasteiger partial charge in [0.05, 0.1) is 30.3 Å². The van der Waals surface area contributed by atoms with Gasteiger partial charge in [0, 0.05) is 31.4 Å². The van der Waals surface area contributed by atoms with Gasteiger partial charge in [-0.05, 0) is 43.9 Å². The molecule has 3 aliphatic heterocycles. The van der Waals surface area contributed by atoms with E-state index in [1.165, 1.54) is 0 Å². The maximum absolute atomic E-state index is 12.7. The maximum Gasteiger partial charge on any atom is 0.240 e. The van der Waals surface area contributed by atoms with Gasteiger partial charge in [0.2, 0.25) is 5.91 Å². The number of nitrogens with zero attached hydrogens (tertiary/aromatic N) is 3. The number of carbonyl (C=O) groups is 1. The number of nitrogens with one attached hydrogen (secondary N) is 1. The van der Waals surface area contributed by atoms with E-state index in [1.807, 2.05) is 18.2 Å². The normalized spacial score (nSPS) is 27.1. The molecule has 3 heterocycles. The molecule has 3 saturated heterocycles. The van der Waals surface area contributed by atoms with Gasteiger partial charge in [-0.15, -0.1) is 0 Å². The number of hydrogen-bond donors (Lipinski definition) is 1. The minimum atomic E-state index is -0.275. The molecule has 3 aliphatic rings. The predicted molar refractivity (Wildman–Crippen MR) is 110 cm³/mol. The van der Waals surface area contributed by atoms with Gasteiger partial charge in [0.25, 0.3) is 0 Å². The molecule has 4 rings (SSSR count). The van der Waals surface area contributed by atoms with Crippen molar-refractivity contribution in [2.45, 2.75) is 43.8 Å². The number of amides is 1. The lowest BCUT2D eigenvalue weighted by atomic mass is 10.1. The third-order valence-electron chi connectivity index (χ3n) is 5.96. The lowest BCUT2D eigenvalue weighted by Gasteiger charge is -2.29. The van der Waals surface area contributed by atoms with E-state index in [0.717, 1.165) is 57.7 Å². The van der Waals surface area contributed by atoms with E-state index in [1.54, 1.807) is 4.90 Å². The minimum Gasteiger partial charge on any atom is -0.490 e. The van der Waals surface area contributed by atoms with Crippen LogP contribution in [0.5, 0.6) is 5.75 Å². The van der Waals surface area contributed by atoms with E-state index in [4.69, 9.17) is 21.1 Å². The molecule has 1 aromatic carbocycles. The van der Waals surface area contributed by atoms with Crippen molar-refractivity contribution in [3.8, 4) is 11.8 Å². The smallest absolute Gasteiger partial charge is 0.240 e. The van der Waals surface area contributed by atoms with Crippen LogP contribution in [-0.4, -0.2) is 68.4 Å². The number of nitriles is 1. The summed E-state index contributed by atoms with van der Waals surface area (Å²) in [5.74, 6) is 0.703. The number of benzene rings is 1. The number of hydrogen-bond acceptors (Lipinski definition) is 6. The van der Waals surface area contributed by atoms with Gasteiger partial charge < -0.3 is 19.3 Å². The van der Waals surface area contributed by atoms with Gasteiger partial charge in [-0.2, -0.15) is 5.26 Å². The van der Waals surface area contributed by atoms with Gasteiger partial charge in [-0.1, -0.05) is 11.6 Å². The molecule has 1 aromatic rings. The molecule has 1 unspecified atom stereocenters. The van der Waals surface area contributed by atoms with Gasteiger partial charge in [-0.25, -0.2) is 0 Å². The summed E-state index contributed by atoms with van der Waals surface area (Å²) < 4.78 is 11.3. The first-order valence-corrected chi connectivity index (χ1v) is 10.7. The van der Waals surface area contributed by atoms with Crippen LogP contribution in [0.2, 0.25) is 5.02 Å². The van der Waals surface area contributed by atoms with Gasteiger partial charge >= 0.3 is 0 Å². The van der Waals surface area contributed by atoms with Crippen LogP contribution in [0.15, 0.2) is 18.2 Å². The van der Waals surface area contributed by atoms with Crippen LogP contribution in [-0.2, 0) is 9.53 Å². The van der Waals surface area contributed by atoms with E-state index < -0.39 is 0 Å². The van der Waals surface area contributed by atoms with Gasteiger partial charge in [0.15, 0.2) is 0 Å². The zero-order valence-electron chi connectivity index (χ0n) is 16.5. The lowest BCUT2D eigenvalue weighted by molar-refractivity contribution is -0.133. The van der Waals surface area contributed by atoms with Crippen LogP contribution in [0.4, 0.5) is 5.69 Å². The molecule has 7 nitrogen and oxygen atoms in total. The summed E-state index contributed by atoms with van der Waals surface area (Å²) in [6.07, 6.45) is 3.32. The summed E-state index contributed by atoms with van der Waals surface area (Å²) in [6, 6.07) is 7.71. The van der Waals surface area contributed by atoms with Crippen LogP contribution in [0.1, 0.15) is 25.7 Å². The molecule has 3 fully saturated rings. The Hall–Kier alpha value is -2.01. The molecule has 156 valence electrons. The van der Waals surface area contributed by atoms with E-state index in [0.29, 0.717) is 23.9 Å². The zero-order chi connectivity index (χ0) is 20.2. The fourth-order valence-corrected chi connectivity index (χ4v) is 4.55. The second-order valence-electron chi connectivity index (χ2n) is 7.84. The van der Waals surface area contributed by atoms with Crippen molar-refractivity contribution in [2.75, 3.05) is 44.4 Å². The van der Waals surface area contributed by atoms with Crippen LogP contribution < -0.4 is 15.0 Å². The van der Waals surface area contributed by atoms with Crippen molar-refractivity contribution < 1.29 is 14.3 Å². The highest BCUT2D eigenvalue weighted by Crippen LogP contribution is 2.30. The molecule has 3 atom stereocenters. The van der Waals surface area contributed by atoms with Gasteiger partial charge in [-0.3, -0.25) is 10.1 Å². The Bertz CT molecular complexity index is 778. The molecule has 0 aliphatic carbocycles. The highest BCUT2D eigenvalue weighted by molar-refractivity contribution is 6.32. The monoisotopic (exact) mass is 418 g/mol. The topological polar surface area (TPSA) is 77.8 Å². The molecular formula is C21H27ClN4O3. The first kappa shape index (κ1) is 20.3. The number of halogens is 1. The molecule has 0 radical (unpaired) electrons. The summed E-state index contributed by atoms with van der Waals surface area (Å²) in [6.45, 7) is 4.33. The molecule has 29 heavy (non-hydrogen) atoms. The van der Waals surface area contributed by atoms with E-state index in [-0.39, 0.29) is 24.0 Å². The van der Waals surface area contributed by atoms with Crippen LogP contribution in [0.3, 0.4) is 0 Å². The maximum atomic E-state index is 12.7. The molecule has 0 aromatic heterocycles. The Kier molecular flexibility index (Phi) is 6.43. The number of likely N-dealkylation sites (tertiary alicyclic amines) is 1. The molecule has 0 bridgehead atoms. The number of carbonyl (C=O) groups excluding carboxylic acids is 1. The summed E-state index contributed by atoms with van der Waals surface area (Å²) in [7, 11) is 0. The third-order valence-corrected chi connectivity index (χ3v) is 6.25. The highest BCUT2D eigenvalue weighted by Gasteiger charge is 2.37. The third kappa shape index (κ3) is 4.61. The molecule has 1 N–H and O–H groups in total. The SMILES string of the molecule is N#CC1CCCN1C(=O)[C@@H]1CC[C@H](COc2ccc(N3CCOCC3)cc2Cl)N1. The standard InChI is InChI=1S/C21H27ClN4O3/c22-18-12-16(25-8-10-28-11-9-25)4-6-20(18)29-14-15-3-5-19(24-15)21(27)26-7-1-2-17(26)13-23/h4,6,12,15,17,19,24H,1-3,5,7-11,14H2/t15-,17?,19+/m1/s1. The second-order valence-corrected chi connectivity index (χ2v) is 8.24. The summed E-state index contributed by atoms with van der Waals surface area (Å²) in [5, 5.41) is 13.2. The zero-order valence-corrected chi connectivity index (χ0v) is 17.2. The second kappa shape index (κ2) is 9.21. The minimum absolute atomic E-state index is 0.0458. The van der Waals surface area contributed by atoms with Crippen molar-refractivity contribution >= 4 is 23.2 Å². The Morgan fingerprint density at radius 3 is 2.86 bits per heavy atom. The Morgan fingerprint density at radius 1 is 1.28 bits per heavy atom.